The maximum atomic E-state index is 12.1. The van der Waals surface area contributed by atoms with E-state index in [0.29, 0.717) is 6.42 Å². The summed E-state index contributed by atoms with van der Waals surface area (Å²) >= 11 is 0. The molecular formula is C15H27NO4. The molecule has 0 aliphatic heterocycles. The zero-order valence-corrected chi connectivity index (χ0v) is 12.4. The lowest BCUT2D eigenvalue weighted by Gasteiger charge is -2.24. The third-order valence-corrected chi connectivity index (χ3v) is 4.00. The van der Waals surface area contributed by atoms with Crippen LogP contribution in [0.5, 0.6) is 0 Å². The molecule has 0 saturated heterocycles. The van der Waals surface area contributed by atoms with E-state index in [1.807, 2.05) is 0 Å². The Bertz CT molecular complexity index is 326. The molecule has 116 valence electrons. The molecule has 1 atom stereocenters. The molecule has 0 bridgehead atoms. The van der Waals surface area contributed by atoms with Crippen molar-refractivity contribution in [2.45, 2.75) is 82.8 Å². The number of hydrogen-bond acceptors (Lipinski definition) is 4. The fourth-order valence-corrected chi connectivity index (χ4v) is 2.57. The third-order valence-electron chi connectivity index (χ3n) is 4.00. The number of nitrogens with two attached hydrogens (primary N) is 1. The lowest BCUT2D eigenvalue weighted by atomic mass is 9.93. The van der Waals surface area contributed by atoms with Crippen molar-refractivity contribution in [3.63, 3.8) is 0 Å². The average molecular weight is 285 g/mol. The number of ether oxygens (including phenoxy) is 1. The summed E-state index contributed by atoms with van der Waals surface area (Å²) in [6.45, 7) is 2.11. The Labute approximate surface area is 120 Å². The Kier molecular flexibility index (Phi) is 6.99. The number of esters is 1. The van der Waals surface area contributed by atoms with E-state index < -0.39 is 17.5 Å². The quantitative estimate of drug-likeness (QED) is 0.386. The van der Waals surface area contributed by atoms with Crippen molar-refractivity contribution in [1.29, 1.82) is 0 Å². The normalized spacial score (nSPS) is 18.7. The lowest BCUT2D eigenvalue weighted by molar-refractivity contribution is -0.165. The van der Waals surface area contributed by atoms with Crippen molar-refractivity contribution in [1.82, 2.24) is 0 Å². The molecule has 0 aromatic heterocycles. The van der Waals surface area contributed by atoms with Crippen LogP contribution in [0.3, 0.4) is 0 Å². The van der Waals surface area contributed by atoms with Crippen molar-refractivity contribution >= 4 is 11.9 Å². The molecule has 0 aromatic carbocycles. The highest BCUT2D eigenvalue weighted by Gasteiger charge is 2.44. The Morgan fingerprint density at radius 2 is 1.80 bits per heavy atom. The van der Waals surface area contributed by atoms with Crippen LogP contribution in [0, 0.1) is 0 Å². The smallest absolute Gasteiger partial charge is 0.338 e. The van der Waals surface area contributed by atoms with Gasteiger partial charge in [0.25, 0.3) is 0 Å². The summed E-state index contributed by atoms with van der Waals surface area (Å²) < 4.78 is 5.27. The maximum Gasteiger partial charge on any atom is 0.338 e. The summed E-state index contributed by atoms with van der Waals surface area (Å²) in [4.78, 5) is 23.4. The van der Waals surface area contributed by atoms with Crippen molar-refractivity contribution in [2.75, 3.05) is 0 Å². The third kappa shape index (κ3) is 4.78. The van der Waals surface area contributed by atoms with Crippen LogP contribution >= 0.6 is 0 Å². The first-order valence-electron chi connectivity index (χ1n) is 7.74. The van der Waals surface area contributed by atoms with Gasteiger partial charge in [0.05, 0.1) is 0 Å². The van der Waals surface area contributed by atoms with Gasteiger partial charge in [0.1, 0.15) is 6.10 Å². The van der Waals surface area contributed by atoms with Crippen molar-refractivity contribution < 1.29 is 19.4 Å². The molecule has 0 spiro atoms. The maximum absolute atomic E-state index is 12.1. The van der Waals surface area contributed by atoms with E-state index in [4.69, 9.17) is 10.5 Å². The van der Waals surface area contributed by atoms with Gasteiger partial charge in [-0.2, -0.15) is 0 Å². The molecular weight excluding hydrogens is 258 g/mol. The molecule has 1 saturated carbocycles. The minimum absolute atomic E-state index is 0.148. The number of carboxylic acid groups (broad SMARTS) is 1. The first-order valence-corrected chi connectivity index (χ1v) is 7.74. The molecule has 5 nitrogen and oxygen atoms in total. The molecule has 0 heterocycles. The number of hydrogen-bond donors (Lipinski definition) is 2. The van der Waals surface area contributed by atoms with Crippen LogP contribution in [-0.4, -0.2) is 28.7 Å². The summed E-state index contributed by atoms with van der Waals surface area (Å²) in [6.07, 6.45) is 8.52. The van der Waals surface area contributed by atoms with E-state index in [-0.39, 0.29) is 12.5 Å². The molecule has 3 N–H and O–H groups in total. The fraction of sp³-hybridized carbons (Fsp3) is 0.867. The predicted octanol–water partition coefficient (Wildman–Crippen LogP) is 2.61. The first kappa shape index (κ1) is 17.0. The van der Waals surface area contributed by atoms with Gasteiger partial charge in [-0.1, -0.05) is 39.0 Å². The van der Waals surface area contributed by atoms with Gasteiger partial charge in [0.15, 0.2) is 0 Å². The number of carboxylic acids is 1. The average Bonchev–Trinajstić information content (AvgIpc) is 2.90. The van der Waals surface area contributed by atoms with Crippen LogP contribution in [0.2, 0.25) is 0 Å². The molecule has 0 radical (unpaired) electrons. The van der Waals surface area contributed by atoms with E-state index in [2.05, 4.69) is 6.92 Å². The summed E-state index contributed by atoms with van der Waals surface area (Å²) in [5.74, 6) is -2.05. The molecule has 0 aromatic rings. The van der Waals surface area contributed by atoms with Gasteiger partial charge in [-0.15, -0.1) is 0 Å². The molecule has 1 unspecified atom stereocenters. The van der Waals surface area contributed by atoms with Gasteiger partial charge < -0.3 is 15.6 Å². The first-order chi connectivity index (χ1) is 9.50. The summed E-state index contributed by atoms with van der Waals surface area (Å²) in [5.41, 5.74) is 3.92. The van der Waals surface area contributed by atoms with Crippen LogP contribution in [0.25, 0.3) is 0 Å². The highest BCUT2D eigenvalue weighted by Crippen LogP contribution is 2.24. The van der Waals surface area contributed by atoms with Crippen molar-refractivity contribution in [3.05, 3.63) is 0 Å². The number of unbranched alkanes of at least 4 members (excludes halogenated alkanes) is 4. The van der Waals surface area contributed by atoms with Gasteiger partial charge in [0.2, 0.25) is 5.54 Å². The van der Waals surface area contributed by atoms with E-state index in [1.165, 1.54) is 0 Å². The highest BCUT2D eigenvalue weighted by molar-refractivity contribution is 6.03. The summed E-state index contributed by atoms with van der Waals surface area (Å²) in [6, 6.07) is 0. The second kappa shape index (κ2) is 8.25. The zero-order valence-electron chi connectivity index (χ0n) is 12.4. The van der Waals surface area contributed by atoms with E-state index in [9.17, 15) is 14.7 Å². The van der Waals surface area contributed by atoms with Crippen LogP contribution < -0.4 is 5.73 Å². The zero-order chi connectivity index (χ0) is 15.0. The number of aliphatic carboxylic acids is 1. The number of rotatable bonds is 9. The predicted molar refractivity (Wildman–Crippen MR) is 76.3 cm³/mol. The second-order valence-corrected chi connectivity index (χ2v) is 5.75. The molecule has 1 fully saturated rings. The molecule has 20 heavy (non-hydrogen) atoms. The van der Waals surface area contributed by atoms with Crippen molar-refractivity contribution in [3.8, 4) is 0 Å². The molecule has 5 heteroatoms. The summed E-state index contributed by atoms with van der Waals surface area (Å²) in [7, 11) is 0. The Morgan fingerprint density at radius 3 is 2.35 bits per heavy atom. The molecule has 1 rings (SSSR count). The van der Waals surface area contributed by atoms with Crippen LogP contribution in [0.15, 0.2) is 0 Å². The molecule has 1 aliphatic carbocycles. The standard InChI is InChI=1S/C15H27NO4/c1-2-3-4-5-8-11-15(16,13(17)18)14(19)20-12-9-6-7-10-12/h12H,2-11,16H2,1H3,(H,17,18). The minimum Gasteiger partial charge on any atom is -0.479 e. The largest absolute Gasteiger partial charge is 0.479 e. The second-order valence-electron chi connectivity index (χ2n) is 5.75. The van der Waals surface area contributed by atoms with E-state index in [0.717, 1.165) is 51.4 Å². The Morgan fingerprint density at radius 1 is 1.20 bits per heavy atom. The minimum atomic E-state index is -1.88. The SMILES string of the molecule is CCCCCCCC(N)(C(=O)O)C(=O)OC1CCCC1. The molecule has 1 aliphatic rings. The van der Waals surface area contributed by atoms with Gasteiger partial charge in [-0.05, 0) is 32.1 Å². The monoisotopic (exact) mass is 285 g/mol. The Hall–Kier alpha value is -1.10. The van der Waals surface area contributed by atoms with E-state index >= 15 is 0 Å². The lowest BCUT2D eigenvalue weighted by Crippen LogP contribution is -2.56. The van der Waals surface area contributed by atoms with Gasteiger partial charge in [-0.25, -0.2) is 9.59 Å². The van der Waals surface area contributed by atoms with Gasteiger partial charge in [-0.3, -0.25) is 0 Å². The number of carbonyl (C=O) groups excluding carboxylic acids is 1. The van der Waals surface area contributed by atoms with Crippen molar-refractivity contribution in [2.24, 2.45) is 5.73 Å². The topological polar surface area (TPSA) is 89.6 Å². The van der Waals surface area contributed by atoms with E-state index in [1.54, 1.807) is 0 Å². The number of carbonyl (C=O) groups is 2. The van der Waals surface area contributed by atoms with Crippen LogP contribution in [-0.2, 0) is 14.3 Å². The van der Waals surface area contributed by atoms with Crippen LogP contribution in [0.4, 0.5) is 0 Å². The van der Waals surface area contributed by atoms with Gasteiger partial charge in [0, 0.05) is 0 Å². The van der Waals surface area contributed by atoms with Gasteiger partial charge >= 0.3 is 11.9 Å². The van der Waals surface area contributed by atoms with Crippen LogP contribution in [0.1, 0.15) is 71.1 Å². The molecule has 0 amide bonds. The Balaban J connectivity index is 2.46. The summed E-state index contributed by atoms with van der Waals surface area (Å²) in [5, 5.41) is 9.25. The highest BCUT2D eigenvalue weighted by atomic mass is 16.5. The fourth-order valence-electron chi connectivity index (χ4n) is 2.57.